The molecule has 1 aromatic heterocycles. The third kappa shape index (κ3) is 4.55. The Morgan fingerprint density at radius 3 is 2.63 bits per heavy atom. The van der Waals surface area contributed by atoms with Crippen LogP contribution in [-0.2, 0) is 4.74 Å². The molecule has 0 aromatic carbocycles. The molecule has 0 saturated heterocycles. The summed E-state index contributed by atoms with van der Waals surface area (Å²) in [7, 11) is 1.56. The third-order valence-electron chi connectivity index (χ3n) is 2.60. The summed E-state index contributed by atoms with van der Waals surface area (Å²) in [5.41, 5.74) is 6.41. The van der Waals surface area contributed by atoms with Gasteiger partial charge in [0.15, 0.2) is 5.82 Å². The zero-order valence-corrected chi connectivity index (χ0v) is 12.2. The topological polar surface area (TPSA) is 82.3 Å². The van der Waals surface area contributed by atoms with Crippen LogP contribution in [0.5, 0.6) is 5.88 Å². The Morgan fingerprint density at radius 1 is 1.32 bits per heavy atom. The lowest BCUT2D eigenvalue weighted by molar-refractivity contribution is 0.147. The molecule has 0 amide bonds. The van der Waals surface area contributed by atoms with E-state index in [0.29, 0.717) is 17.4 Å². The van der Waals surface area contributed by atoms with Gasteiger partial charge < -0.3 is 20.5 Å². The monoisotopic (exact) mass is 268 g/mol. The number of anilines is 2. The summed E-state index contributed by atoms with van der Waals surface area (Å²) < 4.78 is 10.5. The third-order valence-corrected chi connectivity index (χ3v) is 2.60. The number of rotatable bonds is 8. The van der Waals surface area contributed by atoms with Crippen molar-refractivity contribution >= 4 is 11.5 Å². The van der Waals surface area contributed by atoms with Gasteiger partial charge in [0.25, 0.3) is 0 Å². The van der Waals surface area contributed by atoms with Crippen LogP contribution >= 0.6 is 0 Å². The minimum atomic E-state index is 0.221. The van der Waals surface area contributed by atoms with Gasteiger partial charge in [-0.1, -0.05) is 13.8 Å². The Balaban J connectivity index is 2.72. The highest BCUT2D eigenvalue weighted by atomic mass is 16.5. The van der Waals surface area contributed by atoms with Crippen molar-refractivity contribution in [1.82, 2.24) is 9.97 Å². The fourth-order valence-corrected chi connectivity index (χ4v) is 1.54. The van der Waals surface area contributed by atoms with Gasteiger partial charge in [0.2, 0.25) is 5.88 Å². The van der Waals surface area contributed by atoms with Crippen LogP contribution in [0.3, 0.4) is 0 Å². The zero-order valence-electron chi connectivity index (χ0n) is 12.2. The standard InChI is InChI=1S/C13H24N4O2/c1-5-19-8-6-7-15-12-10(14)13(18-4)17-11(16-12)9(2)3/h9H,5-8,14H2,1-4H3,(H,15,16,17). The largest absolute Gasteiger partial charge is 0.479 e. The van der Waals surface area contributed by atoms with Crippen molar-refractivity contribution in [3.05, 3.63) is 5.82 Å². The van der Waals surface area contributed by atoms with Gasteiger partial charge in [-0.15, -0.1) is 0 Å². The molecule has 0 spiro atoms. The Labute approximate surface area is 114 Å². The molecule has 1 heterocycles. The second-order valence-corrected chi connectivity index (χ2v) is 4.49. The summed E-state index contributed by atoms with van der Waals surface area (Å²) in [6.07, 6.45) is 0.899. The van der Waals surface area contributed by atoms with Gasteiger partial charge in [-0.3, -0.25) is 0 Å². The number of aromatic nitrogens is 2. The Kier molecular flexibility index (Phi) is 6.35. The molecule has 108 valence electrons. The van der Waals surface area contributed by atoms with Crippen molar-refractivity contribution in [3.8, 4) is 5.88 Å². The second-order valence-electron chi connectivity index (χ2n) is 4.49. The van der Waals surface area contributed by atoms with Crippen molar-refractivity contribution < 1.29 is 9.47 Å². The van der Waals surface area contributed by atoms with Crippen molar-refractivity contribution in [3.63, 3.8) is 0 Å². The Hall–Kier alpha value is -1.56. The lowest BCUT2D eigenvalue weighted by Gasteiger charge is -2.14. The minimum absolute atomic E-state index is 0.221. The highest BCUT2D eigenvalue weighted by Crippen LogP contribution is 2.27. The number of ether oxygens (including phenoxy) is 2. The first-order chi connectivity index (χ1) is 9.10. The molecule has 6 heteroatoms. The highest BCUT2D eigenvalue weighted by molar-refractivity contribution is 5.66. The van der Waals surface area contributed by atoms with E-state index in [0.717, 1.165) is 32.0 Å². The van der Waals surface area contributed by atoms with E-state index in [9.17, 15) is 0 Å². The average molecular weight is 268 g/mol. The second kappa shape index (κ2) is 7.78. The molecule has 0 fully saturated rings. The smallest absolute Gasteiger partial charge is 0.242 e. The van der Waals surface area contributed by atoms with Gasteiger partial charge >= 0.3 is 0 Å². The molecule has 0 aliphatic carbocycles. The molecule has 0 aliphatic heterocycles. The van der Waals surface area contributed by atoms with Gasteiger partial charge in [-0.25, -0.2) is 4.98 Å². The number of nitrogens with zero attached hydrogens (tertiary/aromatic N) is 2. The number of nitrogen functional groups attached to an aromatic ring is 1. The van der Waals surface area contributed by atoms with Crippen molar-refractivity contribution in [2.75, 3.05) is 37.9 Å². The summed E-state index contributed by atoms with van der Waals surface area (Å²) in [5.74, 6) is 2.00. The molecule has 6 nitrogen and oxygen atoms in total. The summed E-state index contributed by atoms with van der Waals surface area (Å²) >= 11 is 0. The lowest BCUT2D eigenvalue weighted by atomic mass is 10.2. The number of hydrogen-bond donors (Lipinski definition) is 2. The summed E-state index contributed by atoms with van der Waals surface area (Å²) in [6, 6.07) is 0. The first kappa shape index (κ1) is 15.5. The van der Waals surface area contributed by atoms with Gasteiger partial charge in [-0.2, -0.15) is 4.98 Å². The van der Waals surface area contributed by atoms with Crippen molar-refractivity contribution in [2.45, 2.75) is 33.1 Å². The maximum Gasteiger partial charge on any atom is 0.242 e. The number of hydrogen-bond acceptors (Lipinski definition) is 6. The number of methoxy groups -OCH3 is 1. The predicted octanol–water partition coefficient (Wildman–Crippen LogP) is 2.03. The van der Waals surface area contributed by atoms with Crippen molar-refractivity contribution in [2.24, 2.45) is 0 Å². The molecule has 19 heavy (non-hydrogen) atoms. The fourth-order valence-electron chi connectivity index (χ4n) is 1.54. The Morgan fingerprint density at radius 2 is 2.05 bits per heavy atom. The van der Waals surface area contributed by atoms with E-state index in [1.807, 2.05) is 20.8 Å². The van der Waals surface area contributed by atoms with E-state index in [1.54, 1.807) is 7.11 Å². The molecule has 0 saturated carbocycles. The molecule has 1 rings (SSSR count). The molecule has 0 unspecified atom stereocenters. The number of nitrogens with one attached hydrogen (secondary N) is 1. The quantitative estimate of drug-likeness (QED) is 0.702. The maximum absolute atomic E-state index is 5.96. The van der Waals surface area contributed by atoms with Crippen LogP contribution in [0.1, 0.15) is 38.9 Å². The molecular formula is C13H24N4O2. The van der Waals surface area contributed by atoms with Crippen LogP contribution in [0.4, 0.5) is 11.5 Å². The van der Waals surface area contributed by atoms with Crippen LogP contribution in [0.25, 0.3) is 0 Å². The molecule has 0 atom stereocenters. The molecular weight excluding hydrogens is 244 g/mol. The van der Waals surface area contributed by atoms with Crippen LogP contribution in [-0.4, -0.2) is 36.8 Å². The van der Waals surface area contributed by atoms with Crippen LogP contribution in [0.2, 0.25) is 0 Å². The average Bonchev–Trinajstić information content (AvgIpc) is 2.40. The van der Waals surface area contributed by atoms with E-state index in [1.165, 1.54) is 0 Å². The van der Waals surface area contributed by atoms with Gasteiger partial charge in [0.05, 0.1) is 7.11 Å². The van der Waals surface area contributed by atoms with E-state index >= 15 is 0 Å². The zero-order chi connectivity index (χ0) is 14.3. The van der Waals surface area contributed by atoms with Gasteiger partial charge in [-0.05, 0) is 13.3 Å². The highest BCUT2D eigenvalue weighted by Gasteiger charge is 2.13. The molecule has 1 aromatic rings. The van der Waals surface area contributed by atoms with E-state index < -0.39 is 0 Å². The minimum Gasteiger partial charge on any atom is -0.479 e. The normalized spacial score (nSPS) is 10.8. The maximum atomic E-state index is 5.96. The van der Waals surface area contributed by atoms with E-state index in [-0.39, 0.29) is 5.92 Å². The molecule has 0 aliphatic rings. The summed E-state index contributed by atoms with van der Waals surface area (Å²) in [6.45, 7) is 8.26. The Bertz CT molecular complexity index is 396. The fraction of sp³-hybridized carbons (Fsp3) is 0.692. The first-order valence-electron chi connectivity index (χ1n) is 6.63. The van der Waals surface area contributed by atoms with Gasteiger partial charge in [0.1, 0.15) is 11.5 Å². The first-order valence-corrected chi connectivity index (χ1v) is 6.63. The summed E-state index contributed by atoms with van der Waals surface area (Å²) in [4.78, 5) is 8.72. The SMILES string of the molecule is CCOCCCNc1nc(C(C)C)nc(OC)c1N. The predicted molar refractivity (Wildman–Crippen MR) is 76.7 cm³/mol. The van der Waals surface area contributed by atoms with Gasteiger partial charge in [0, 0.05) is 25.7 Å². The molecule has 3 N–H and O–H groups in total. The van der Waals surface area contributed by atoms with Crippen LogP contribution in [0, 0.1) is 0 Å². The molecule has 0 bridgehead atoms. The van der Waals surface area contributed by atoms with Crippen molar-refractivity contribution in [1.29, 1.82) is 0 Å². The lowest BCUT2D eigenvalue weighted by Crippen LogP contribution is -2.12. The number of nitrogens with two attached hydrogens (primary N) is 1. The molecule has 0 radical (unpaired) electrons. The van der Waals surface area contributed by atoms with Crippen LogP contribution in [0.15, 0.2) is 0 Å². The van der Waals surface area contributed by atoms with Crippen LogP contribution < -0.4 is 15.8 Å². The van der Waals surface area contributed by atoms with E-state index in [2.05, 4.69) is 15.3 Å². The van der Waals surface area contributed by atoms with E-state index in [4.69, 9.17) is 15.2 Å². The summed E-state index contributed by atoms with van der Waals surface area (Å²) in [5, 5.41) is 3.21.